The molecule has 1 N–H and O–H groups in total. The van der Waals surface area contributed by atoms with E-state index in [1.807, 2.05) is 0 Å². The van der Waals surface area contributed by atoms with Gasteiger partial charge in [0.2, 0.25) is 0 Å². The molecule has 0 radical (unpaired) electrons. The van der Waals surface area contributed by atoms with Crippen molar-refractivity contribution in [3.63, 3.8) is 0 Å². The molecule has 0 aromatic heterocycles. The van der Waals surface area contributed by atoms with Crippen molar-refractivity contribution in [2.45, 2.75) is 206 Å². The maximum atomic E-state index is 8.80. The first-order valence-corrected chi connectivity index (χ1v) is 16.9. The van der Waals surface area contributed by atoms with Gasteiger partial charge in [-0.2, -0.15) is 0 Å². The highest BCUT2D eigenvalue weighted by Crippen LogP contribution is 2.19. The summed E-state index contributed by atoms with van der Waals surface area (Å²) in [4.78, 5) is 0. The maximum Gasteiger partial charge on any atom is 0.0431 e. The molecule has 0 aromatic carbocycles. The third-order valence-corrected chi connectivity index (χ3v) is 8.16. The van der Waals surface area contributed by atoms with Gasteiger partial charge in [-0.25, -0.2) is 0 Å². The lowest BCUT2D eigenvalue weighted by atomic mass is 9.95. The molecule has 0 rings (SSSR count). The van der Waals surface area contributed by atoms with Crippen LogP contribution in [0.25, 0.3) is 0 Å². The molecule has 0 fully saturated rings. The molecule has 0 aliphatic heterocycles. The fourth-order valence-electron chi connectivity index (χ4n) is 5.56. The normalized spacial score (nSPS) is 12.4. The summed E-state index contributed by atoms with van der Waals surface area (Å²) in [6.07, 6.45) is 42.9. The Morgan fingerprint density at radius 1 is 0.343 bits per heavy atom. The van der Waals surface area contributed by atoms with Crippen molar-refractivity contribution >= 4 is 0 Å². The Hall–Kier alpha value is -0.0400. The average Bonchev–Trinajstić information content (AvgIpc) is 2.86. The van der Waals surface area contributed by atoms with Gasteiger partial charge < -0.3 is 5.11 Å². The minimum Gasteiger partial charge on any atom is -0.396 e. The van der Waals surface area contributed by atoms with Crippen LogP contribution in [0.15, 0.2) is 0 Å². The molecule has 0 unspecified atom stereocenters. The van der Waals surface area contributed by atoms with Gasteiger partial charge in [-0.1, -0.05) is 200 Å². The average molecular weight is 495 g/mol. The molecular formula is C34H70O. The van der Waals surface area contributed by atoms with E-state index in [0.717, 1.165) is 12.3 Å². The minimum absolute atomic E-state index is 0.372. The largest absolute Gasteiger partial charge is 0.396 e. The maximum absolute atomic E-state index is 8.80. The first-order valence-electron chi connectivity index (χ1n) is 16.9. The van der Waals surface area contributed by atoms with Gasteiger partial charge in [0.1, 0.15) is 0 Å². The Morgan fingerprint density at radius 2 is 0.571 bits per heavy atom. The lowest BCUT2D eigenvalue weighted by Gasteiger charge is -2.11. The van der Waals surface area contributed by atoms with E-state index in [1.54, 1.807) is 0 Å². The summed E-state index contributed by atoms with van der Waals surface area (Å²) in [5.41, 5.74) is 0. The van der Waals surface area contributed by atoms with E-state index in [-0.39, 0.29) is 0 Å². The van der Waals surface area contributed by atoms with E-state index in [0.29, 0.717) is 6.61 Å². The number of aliphatic hydroxyl groups excluding tert-OH is 1. The Morgan fingerprint density at radius 3 is 0.829 bits per heavy atom. The van der Waals surface area contributed by atoms with Gasteiger partial charge in [0, 0.05) is 6.61 Å². The highest BCUT2D eigenvalue weighted by Gasteiger charge is 2.02. The molecule has 0 spiro atoms. The number of aliphatic hydroxyl groups is 1. The molecule has 0 aliphatic carbocycles. The topological polar surface area (TPSA) is 20.2 Å². The van der Waals surface area contributed by atoms with Gasteiger partial charge >= 0.3 is 0 Å². The molecule has 35 heavy (non-hydrogen) atoms. The van der Waals surface area contributed by atoms with E-state index in [9.17, 15) is 0 Å². The van der Waals surface area contributed by atoms with Gasteiger partial charge in [-0.05, 0) is 12.3 Å². The van der Waals surface area contributed by atoms with Gasteiger partial charge in [0.15, 0.2) is 0 Å². The molecule has 0 amide bonds. The van der Waals surface area contributed by atoms with Crippen LogP contribution in [0, 0.1) is 5.92 Å². The van der Waals surface area contributed by atoms with Crippen LogP contribution >= 0.6 is 0 Å². The van der Waals surface area contributed by atoms with Crippen LogP contribution in [0.1, 0.15) is 206 Å². The molecule has 0 bridgehead atoms. The second-order valence-electron chi connectivity index (χ2n) is 12.0. The monoisotopic (exact) mass is 495 g/mol. The molecule has 0 saturated heterocycles. The van der Waals surface area contributed by atoms with Crippen molar-refractivity contribution < 1.29 is 5.11 Å². The van der Waals surface area contributed by atoms with Crippen LogP contribution in [0.5, 0.6) is 0 Å². The van der Waals surface area contributed by atoms with Gasteiger partial charge in [-0.15, -0.1) is 0 Å². The lowest BCUT2D eigenvalue weighted by molar-refractivity contribution is 0.282. The fraction of sp³-hybridized carbons (Fsp3) is 1.00. The van der Waals surface area contributed by atoms with Crippen molar-refractivity contribution in [3.8, 4) is 0 Å². The molecular weight excluding hydrogens is 424 g/mol. The summed E-state index contributed by atoms with van der Waals surface area (Å²) in [5, 5.41) is 8.80. The zero-order valence-electron chi connectivity index (χ0n) is 24.9. The molecule has 1 atom stereocenters. The Labute approximate surface area is 224 Å². The summed E-state index contributed by atoms with van der Waals surface area (Å²) in [7, 11) is 0. The molecule has 0 aromatic rings. The summed E-state index contributed by atoms with van der Waals surface area (Å²) in [5.74, 6) is 0.940. The molecule has 0 heterocycles. The lowest BCUT2D eigenvalue weighted by Crippen LogP contribution is -1.95. The smallest absolute Gasteiger partial charge is 0.0431 e. The molecule has 0 saturated carbocycles. The van der Waals surface area contributed by atoms with Crippen molar-refractivity contribution in [2.75, 3.05) is 6.61 Å². The summed E-state index contributed by atoms with van der Waals surface area (Å²) < 4.78 is 0. The highest BCUT2D eigenvalue weighted by atomic mass is 16.2. The summed E-state index contributed by atoms with van der Waals surface area (Å²) >= 11 is 0. The quantitative estimate of drug-likeness (QED) is 0.0950. The molecule has 1 nitrogen and oxygen atoms in total. The van der Waals surface area contributed by atoms with Gasteiger partial charge in [0.05, 0.1) is 0 Å². The third-order valence-electron chi connectivity index (χ3n) is 8.16. The Bertz CT molecular complexity index is 352. The van der Waals surface area contributed by atoms with Crippen molar-refractivity contribution in [1.82, 2.24) is 0 Å². The minimum atomic E-state index is 0.372. The third kappa shape index (κ3) is 31.9. The van der Waals surface area contributed by atoms with Crippen LogP contribution in [-0.4, -0.2) is 11.7 Å². The highest BCUT2D eigenvalue weighted by molar-refractivity contribution is 4.56. The Kier molecular flexibility index (Phi) is 32.0. The predicted octanol–water partition coefficient (Wildman–Crippen LogP) is 12.3. The van der Waals surface area contributed by atoms with Crippen LogP contribution in [-0.2, 0) is 0 Å². The van der Waals surface area contributed by atoms with E-state index < -0.39 is 0 Å². The van der Waals surface area contributed by atoms with Crippen molar-refractivity contribution in [2.24, 2.45) is 5.92 Å². The zero-order valence-corrected chi connectivity index (χ0v) is 24.9. The predicted molar refractivity (Wildman–Crippen MR) is 160 cm³/mol. The van der Waals surface area contributed by atoms with E-state index in [1.165, 1.54) is 186 Å². The number of unbranched alkanes of at least 4 members (excludes halogenated alkanes) is 26. The van der Waals surface area contributed by atoms with Gasteiger partial charge in [-0.3, -0.25) is 0 Å². The second-order valence-corrected chi connectivity index (χ2v) is 12.0. The number of hydrogen-bond acceptors (Lipinski definition) is 1. The van der Waals surface area contributed by atoms with Crippen LogP contribution < -0.4 is 0 Å². The zero-order chi connectivity index (χ0) is 25.5. The Balaban J connectivity index is 3.11. The first-order chi connectivity index (χ1) is 17.3. The van der Waals surface area contributed by atoms with E-state index >= 15 is 0 Å². The summed E-state index contributed by atoms with van der Waals surface area (Å²) in [6, 6.07) is 0. The molecule has 1 heteroatoms. The SMILES string of the molecule is CCCCCCCCCCCCCCCCCCCCCC[C@H](C)CCCCCCCCCCO. The molecule has 212 valence electrons. The second kappa shape index (κ2) is 32.0. The standard InChI is InChI=1S/C34H70O/c1-3-4-5-6-7-8-9-10-11-12-13-14-15-16-17-18-19-22-25-28-31-34(2)32-29-26-23-20-21-24-27-30-33-35/h34-35H,3-33H2,1-2H3/t34-/m0/s1. The fourth-order valence-corrected chi connectivity index (χ4v) is 5.56. The van der Waals surface area contributed by atoms with E-state index in [2.05, 4.69) is 13.8 Å². The summed E-state index contributed by atoms with van der Waals surface area (Å²) in [6.45, 7) is 5.15. The number of rotatable bonds is 31. The first kappa shape index (κ1) is 35.0. The van der Waals surface area contributed by atoms with Crippen molar-refractivity contribution in [1.29, 1.82) is 0 Å². The van der Waals surface area contributed by atoms with Crippen LogP contribution in [0.4, 0.5) is 0 Å². The van der Waals surface area contributed by atoms with Crippen molar-refractivity contribution in [3.05, 3.63) is 0 Å². The molecule has 0 aliphatic rings. The van der Waals surface area contributed by atoms with E-state index in [4.69, 9.17) is 5.11 Å². The van der Waals surface area contributed by atoms with Gasteiger partial charge in [0.25, 0.3) is 0 Å². The van der Waals surface area contributed by atoms with Crippen LogP contribution in [0.3, 0.4) is 0 Å². The number of hydrogen-bond donors (Lipinski definition) is 1. The van der Waals surface area contributed by atoms with Crippen LogP contribution in [0.2, 0.25) is 0 Å².